The predicted molar refractivity (Wildman–Crippen MR) is 95.0 cm³/mol. The van der Waals surface area contributed by atoms with Gasteiger partial charge in [0.05, 0.1) is 6.61 Å². The fraction of sp³-hybridized carbons (Fsp3) is 0.667. The van der Waals surface area contributed by atoms with E-state index in [1.54, 1.807) is 11.5 Å². The Bertz CT molecular complexity index is 758. The molecule has 1 saturated carbocycles. The molecule has 1 aromatic heterocycles. The van der Waals surface area contributed by atoms with Crippen molar-refractivity contribution in [2.24, 2.45) is 0 Å². The first-order valence-electron chi connectivity index (χ1n) is 8.96. The Hall–Kier alpha value is -1.63. The number of carbonyl (C=O) groups excluding carboxylic acids is 2. The molecule has 0 spiro atoms. The van der Waals surface area contributed by atoms with E-state index in [-0.39, 0.29) is 17.9 Å². The average molecular weight is 364 g/mol. The minimum absolute atomic E-state index is 0.120. The molecule has 0 aromatic carbocycles. The van der Waals surface area contributed by atoms with Crippen LogP contribution in [-0.2, 0) is 32.7 Å². The number of Topliss-reactive ketones (excluding diaryl/α,β-unsaturated/α-hetero) is 1. The van der Waals surface area contributed by atoms with Gasteiger partial charge in [0.15, 0.2) is 10.9 Å². The normalized spacial score (nSPS) is 23.2. The number of esters is 1. The van der Waals surface area contributed by atoms with Gasteiger partial charge in [-0.3, -0.25) is 9.59 Å². The lowest BCUT2D eigenvalue weighted by Crippen LogP contribution is -2.54. The van der Waals surface area contributed by atoms with Gasteiger partial charge in [0.25, 0.3) is 5.56 Å². The largest absolute Gasteiger partial charge is 0.464 e. The zero-order chi connectivity index (χ0) is 18.0. The summed E-state index contributed by atoms with van der Waals surface area (Å²) in [6, 6.07) is 0. The van der Waals surface area contributed by atoms with Crippen molar-refractivity contribution in [1.29, 1.82) is 0 Å². The minimum Gasteiger partial charge on any atom is -0.464 e. The standard InChI is InChI=1S/C18H24N2O4S/c1-3-24-16(23)18(11-7-6-10-14(18)21)20-13-9-5-4-8-12(13)15(22)19-17(20)25-2/h3-11H2,1-2H3. The quantitative estimate of drug-likeness (QED) is 0.353. The summed E-state index contributed by atoms with van der Waals surface area (Å²) in [5.41, 5.74) is -0.128. The lowest BCUT2D eigenvalue weighted by Gasteiger charge is -2.39. The van der Waals surface area contributed by atoms with Crippen LogP contribution in [-0.4, -0.2) is 34.2 Å². The van der Waals surface area contributed by atoms with Crippen molar-refractivity contribution in [2.45, 2.75) is 69.0 Å². The number of hydrogen-bond donors (Lipinski definition) is 0. The highest BCUT2D eigenvalue weighted by molar-refractivity contribution is 7.98. The van der Waals surface area contributed by atoms with Crippen LogP contribution in [0.5, 0.6) is 0 Å². The van der Waals surface area contributed by atoms with Crippen molar-refractivity contribution in [1.82, 2.24) is 9.55 Å². The van der Waals surface area contributed by atoms with Crippen LogP contribution in [0.3, 0.4) is 0 Å². The van der Waals surface area contributed by atoms with Gasteiger partial charge in [-0.2, -0.15) is 4.98 Å². The highest BCUT2D eigenvalue weighted by Crippen LogP contribution is 2.38. The third-order valence-corrected chi connectivity index (χ3v) is 5.83. The summed E-state index contributed by atoms with van der Waals surface area (Å²) < 4.78 is 7.11. The molecule has 2 aliphatic carbocycles. The van der Waals surface area contributed by atoms with Crippen molar-refractivity contribution in [3.63, 3.8) is 0 Å². The third kappa shape index (κ3) is 2.92. The first kappa shape index (κ1) is 18.2. The lowest BCUT2D eigenvalue weighted by atomic mass is 9.79. The summed E-state index contributed by atoms with van der Waals surface area (Å²) in [5.74, 6) is -0.626. The molecule has 136 valence electrons. The summed E-state index contributed by atoms with van der Waals surface area (Å²) in [5, 5.41) is 0.439. The molecule has 25 heavy (non-hydrogen) atoms. The van der Waals surface area contributed by atoms with Gasteiger partial charge >= 0.3 is 5.97 Å². The maximum Gasteiger partial charge on any atom is 0.340 e. The number of ether oxygens (including phenoxy) is 1. The highest BCUT2D eigenvalue weighted by Gasteiger charge is 2.52. The summed E-state index contributed by atoms with van der Waals surface area (Å²) in [6.07, 6.45) is 7.37. The van der Waals surface area contributed by atoms with Gasteiger partial charge in [-0.25, -0.2) is 4.79 Å². The summed E-state index contributed by atoms with van der Waals surface area (Å²) in [7, 11) is 0. The second-order valence-corrected chi connectivity index (χ2v) is 7.36. The molecule has 0 N–H and O–H groups in total. The fourth-order valence-corrected chi connectivity index (χ4v) is 4.65. The number of thioether (sulfide) groups is 1. The van der Waals surface area contributed by atoms with Crippen LogP contribution in [0.1, 0.15) is 56.7 Å². The number of nitrogens with zero attached hydrogens (tertiary/aromatic N) is 2. The number of rotatable bonds is 4. The van der Waals surface area contributed by atoms with Crippen molar-refractivity contribution in [2.75, 3.05) is 12.9 Å². The van der Waals surface area contributed by atoms with Gasteiger partial charge < -0.3 is 9.30 Å². The van der Waals surface area contributed by atoms with Crippen molar-refractivity contribution >= 4 is 23.5 Å². The summed E-state index contributed by atoms with van der Waals surface area (Å²) in [4.78, 5) is 42.7. The third-order valence-electron chi connectivity index (χ3n) is 5.19. The molecular weight excluding hydrogens is 340 g/mol. The van der Waals surface area contributed by atoms with Gasteiger partial charge in [-0.15, -0.1) is 0 Å². The lowest BCUT2D eigenvalue weighted by molar-refractivity contribution is -0.161. The van der Waals surface area contributed by atoms with Gasteiger partial charge in [0, 0.05) is 17.7 Å². The summed E-state index contributed by atoms with van der Waals surface area (Å²) >= 11 is 1.30. The van der Waals surface area contributed by atoms with Crippen LogP contribution in [0.4, 0.5) is 0 Å². The van der Waals surface area contributed by atoms with Crippen LogP contribution >= 0.6 is 11.8 Å². The topological polar surface area (TPSA) is 78.3 Å². The van der Waals surface area contributed by atoms with E-state index in [2.05, 4.69) is 4.98 Å². The number of fused-ring (bicyclic) bond motifs is 1. The zero-order valence-corrected chi connectivity index (χ0v) is 15.6. The molecule has 1 aromatic rings. The van der Waals surface area contributed by atoms with Gasteiger partial charge in [-0.1, -0.05) is 11.8 Å². The summed E-state index contributed by atoms with van der Waals surface area (Å²) in [6.45, 7) is 1.96. The number of ketones is 1. The molecule has 0 amide bonds. The first-order valence-corrected chi connectivity index (χ1v) is 10.2. The van der Waals surface area contributed by atoms with Crippen LogP contribution in [0.15, 0.2) is 9.95 Å². The smallest absolute Gasteiger partial charge is 0.340 e. The van der Waals surface area contributed by atoms with Crippen molar-refractivity contribution in [3.8, 4) is 0 Å². The Morgan fingerprint density at radius 1 is 1.20 bits per heavy atom. The van der Waals surface area contributed by atoms with Crippen LogP contribution in [0, 0.1) is 0 Å². The van der Waals surface area contributed by atoms with E-state index in [9.17, 15) is 14.4 Å². The van der Waals surface area contributed by atoms with Crippen molar-refractivity contribution in [3.05, 3.63) is 21.6 Å². The monoisotopic (exact) mass is 364 g/mol. The van der Waals surface area contributed by atoms with E-state index in [4.69, 9.17) is 4.74 Å². The fourth-order valence-electron chi connectivity index (χ4n) is 4.02. The maximum atomic E-state index is 13.0. The Kier molecular flexibility index (Phi) is 5.32. The first-order chi connectivity index (χ1) is 12.1. The number of aromatic nitrogens is 2. The molecule has 1 unspecified atom stereocenters. The molecule has 0 bridgehead atoms. The molecular formula is C18H24N2O4S. The molecule has 3 rings (SSSR count). The number of hydrogen-bond acceptors (Lipinski definition) is 6. The Morgan fingerprint density at radius 2 is 1.92 bits per heavy atom. The minimum atomic E-state index is -1.37. The van der Waals surface area contributed by atoms with Gasteiger partial charge in [0.1, 0.15) is 0 Å². The van der Waals surface area contributed by atoms with E-state index >= 15 is 0 Å². The highest BCUT2D eigenvalue weighted by atomic mass is 32.2. The average Bonchev–Trinajstić information content (AvgIpc) is 2.63. The molecule has 1 atom stereocenters. The van der Waals surface area contributed by atoms with E-state index < -0.39 is 11.5 Å². The van der Waals surface area contributed by atoms with E-state index in [1.165, 1.54) is 11.8 Å². The van der Waals surface area contributed by atoms with E-state index in [0.29, 0.717) is 36.4 Å². The molecule has 0 aliphatic heterocycles. The van der Waals surface area contributed by atoms with Gasteiger partial charge in [0.2, 0.25) is 5.54 Å². The molecule has 7 heteroatoms. The van der Waals surface area contributed by atoms with Crippen LogP contribution in [0.2, 0.25) is 0 Å². The molecule has 2 aliphatic rings. The Balaban J connectivity index is 2.31. The molecule has 0 radical (unpaired) electrons. The molecule has 6 nitrogen and oxygen atoms in total. The Labute approximate surface area is 151 Å². The predicted octanol–water partition coefficient (Wildman–Crippen LogP) is 2.25. The molecule has 1 heterocycles. The maximum absolute atomic E-state index is 13.0. The second kappa shape index (κ2) is 7.32. The molecule has 1 fully saturated rings. The zero-order valence-electron chi connectivity index (χ0n) is 14.8. The SMILES string of the molecule is CCOC(=O)C1(n2c(SC)nc(=O)c3c2CCCC3)CCCCC1=O. The van der Waals surface area contributed by atoms with Crippen LogP contribution in [0.25, 0.3) is 0 Å². The van der Waals surface area contributed by atoms with Gasteiger partial charge in [-0.05, 0) is 58.1 Å². The Morgan fingerprint density at radius 3 is 2.60 bits per heavy atom. The van der Waals surface area contributed by atoms with Crippen LogP contribution < -0.4 is 5.56 Å². The molecule has 0 saturated heterocycles. The second-order valence-electron chi connectivity index (χ2n) is 6.58. The van der Waals surface area contributed by atoms with E-state index in [0.717, 1.165) is 31.4 Å². The number of carbonyl (C=O) groups is 2. The van der Waals surface area contributed by atoms with E-state index in [1.807, 2.05) is 6.26 Å². The van der Waals surface area contributed by atoms with Crippen molar-refractivity contribution < 1.29 is 14.3 Å².